The summed E-state index contributed by atoms with van der Waals surface area (Å²) in [7, 11) is 1.74. The third-order valence-corrected chi connectivity index (χ3v) is 5.41. The summed E-state index contributed by atoms with van der Waals surface area (Å²) in [6.07, 6.45) is 4.84. The first kappa shape index (κ1) is 18.5. The Bertz CT molecular complexity index is 1120. The smallest absolute Gasteiger partial charge is 0.268 e. The number of nitrogens with zero attached hydrogens (tertiary/aromatic N) is 5. The summed E-state index contributed by atoms with van der Waals surface area (Å²) in [5.41, 5.74) is 1.21. The molecule has 2 aromatic heterocycles. The largest absolute Gasteiger partial charge is 0.395 e. The predicted octanol–water partition coefficient (Wildman–Crippen LogP) is 0.820. The highest BCUT2D eigenvalue weighted by Gasteiger charge is 2.30. The molecule has 1 unspecified atom stereocenters. The first-order valence-corrected chi connectivity index (χ1v) is 9.44. The molecule has 0 amide bonds. The van der Waals surface area contributed by atoms with Gasteiger partial charge in [-0.3, -0.25) is 24.0 Å². The average Bonchev–Trinajstić information content (AvgIpc) is 3.15. The number of likely N-dealkylation sites (tertiary alicyclic amines) is 1. The van der Waals surface area contributed by atoms with E-state index >= 15 is 0 Å². The molecule has 3 aromatic rings. The number of benzene rings is 1. The van der Waals surface area contributed by atoms with Crippen LogP contribution in [0.3, 0.4) is 0 Å². The van der Waals surface area contributed by atoms with Gasteiger partial charge in [-0.2, -0.15) is 0 Å². The Kier molecular flexibility index (Phi) is 5.06. The molecular formula is C20H23N5O3. The maximum Gasteiger partial charge on any atom is 0.268 e. The van der Waals surface area contributed by atoms with E-state index in [4.69, 9.17) is 4.98 Å². The van der Waals surface area contributed by atoms with Crippen molar-refractivity contribution in [3.8, 4) is 0 Å². The van der Waals surface area contributed by atoms with Crippen molar-refractivity contribution in [3.05, 3.63) is 68.9 Å². The van der Waals surface area contributed by atoms with Crippen molar-refractivity contribution in [2.45, 2.75) is 32.0 Å². The predicted molar refractivity (Wildman–Crippen MR) is 105 cm³/mol. The fourth-order valence-corrected chi connectivity index (χ4v) is 3.92. The molecule has 0 aliphatic carbocycles. The van der Waals surface area contributed by atoms with Crippen molar-refractivity contribution in [1.82, 2.24) is 24.0 Å². The molecule has 8 heteroatoms. The van der Waals surface area contributed by atoms with Gasteiger partial charge in [-0.25, -0.2) is 4.98 Å². The number of para-hydroxylation sites is 1. The summed E-state index contributed by atoms with van der Waals surface area (Å²) < 4.78 is 3.19. The molecule has 1 aliphatic rings. The summed E-state index contributed by atoms with van der Waals surface area (Å²) in [4.78, 5) is 35.9. The van der Waals surface area contributed by atoms with E-state index in [-0.39, 0.29) is 30.3 Å². The molecule has 1 aromatic carbocycles. The Labute approximate surface area is 161 Å². The fourth-order valence-electron chi connectivity index (χ4n) is 3.92. The summed E-state index contributed by atoms with van der Waals surface area (Å²) in [5.74, 6) is 0.671. The lowest BCUT2D eigenvalue weighted by molar-refractivity contribution is 0.218. The highest BCUT2D eigenvalue weighted by atomic mass is 16.3. The Hall–Kier alpha value is -2.84. The van der Waals surface area contributed by atoms with Gasteiger partial charge in [-0.05, 0) is 31.5 Å². The maximum atomic E-state index is 13.0. The van der Waals surface area contributed by atoms with Crippen LogP contribution in [0, 0.1) is 0 Å². The zero-order chi connectivity index (χ0) is 19.7. The number of fused-ring (bicyclic) bond motifs is 1. The minimum Gasteiger partial charge on any atom is -0.395 e. The molecule has 1 aliphatic heterocycles. The molecule has 8 nitrogen and oxygen atoms in total. The van der Waals surface area contributed by atoms with Crippen LogP contribution in [0.5, 0.6) is 0 Å². The molecule has 1 N–H and O–H groups in total. The molecule has 0 saturated carbocycles. The Morgan fingerprint density at radius 2 is 2.04 bits per heavy atom. The molecule has 28 heavy (non-hydrogen) atoms. The molecule has 4 rings (SSSR count). The van der Waals surface area contributed by atoms with Crippen LogP contribution < -0.4 is 11.1 Å². The fraction of sp³-hybridized carbons (Fsp3) is 0.400. The molecule has 0 spiro atoms. The SMILES string of the molecule is Cn1c(CN2CCCC2c2nc3ccccc3c(=O)n2CCO)cncc1=O. The first-order valence-electron chi connectivity index (χ1n) is 9.44. The van der Waals surface area contributed by atoms with Gasteiger partial charge in [-0.1, -0.05) is 12.1 Å². The maximum absolute atomic E-state index is 13.0. The van der Waals surface area contributed by atoms with Gasteiger partial charge in [0.15, 0.2) is 0 Å². The van der Waals surface area contributed by atoms with Crippen LogP contribution in [-0.4, -0.2) is 42.3 Å². The number of hydrogen-bond donors (Lipinski definition) is 1. The van der Waals surface area contributed by atoms with Gasteiger partial charge in [0.1, 0.15) is 5.82 Å². The topological polar surface area (TPSA) is 93.2 Å². The van der Waals surface area contributed by atoms with Crippen molar-refractivity contribution < 1.29 is 5.11 Å². The van der Waals surface area contributed by atoms with Gasteiger partial charge in [0, 0.05) is 19.8 Å². The zero-order valence-corrected chi connectivity index (χ0v) is 15.8. The lowest BCUT2D eigenvalue weighted by Gasteiger charge is -2.27. The Morgan fingerprint density at radius 1 is 1.21 bits per heavy atom. The molecule has 0 bridgehead atoms. The Balaban J connectivity index is 1.77. The first-order chi connectivity index (χ1) is 13.6. The minimum atomic E-state index is -0.144. The van der Waals surface area contributed by atoms with Crippen LogP contribution in [0.1, 0.15) is 30.4 Å². The molecule has 1 atom stereocenters. The normalized spacial score (nSPS) is 17.4. The molecule has 3 heterocycles. The van der Waals surface area contributed by atoms with Gasteiger partial charge in [0.25, 0.3) is 11.1 Å². The van der Waals surface area contributed by atoms with E-state index in [0.29, 0.717) is 23.3 Å². The van der Waals surface area contributed by atoms with Gasteiger partial charge < -0.3 is 9.67 Å². The quantitative estimate of drug-likeness (QED) is 0.703. The van der Waals surface area contributed by atoms with Crippen LogP contribution >= 0.6 is 0 Å². The van der Waals surface area contributed by atoms with Gasteiger partial charge in [0.2, 0.25) is 0 Å². The highest BCUT2D eigenvalue weighted by Crippen LogP contribution is 2.32. The van der Waals surface area contributed by atoms with Crippen molar-refractivity contribution in [2.75, 3.05) is 13.2 Å². The van der Waals surface area contributed by atoms with Gasteiger partial charge in [0.05, 0.1) is 42.0 Å². The second-order valence-corrected chi connectivity index (χ2v) is 7.09. The summed E-state index contributed by atoms with van der Waals surface area (Å²) in [6.45, 7) is 1.47. The van der Waals surface area contributed by atoms with E-state index in [1.807, 2.05) is 18.2 Å². The average molecular weight is 381 g/mol. The number of aliphatic hydroxyl groups excluding tert-OH is 1. The summed E-state index contributed by atoms with van der Waals surface area (Å²) in [6, 6.07) is 7.24. The van der Waals surface area contributed by atoms with Crippen molar-refractivity contribution in [2.24, 2.45) is 7.05 Å². The van der Waals surface area contributed by atoms with E-state index < -0.39 is 0 Å². The van der Waals surface area contributed by atoms with Crippen LogP contribution in [0.2, 0.25) is 0 Å². The van der Waals surface area contributed by atoms with Crippen LogP contribution in [0.15, 0.2) is 46.2 Å². The number of rotatable bonds is 5. The van der Waals surface area contributed by atoms with Crippen molar-refractivity contribution in [1.29, 1.82) is 0 Å². The Morgan fingerprint density at radius 3 is 2.86 bits per heavy atom. The lowest BCUT2D eigenvalue weighted by atomic mass is 10.1. The molecule has 1 fully saturated rings. The molecule has 146 valence electrons. The lowest BCUT2D eigenvalue weighted by Crippen LogP contribution is -2.34. The van der Waals surface area contributed by atoms with Crippen molar-refractivity contribution >= 4 is 10.9 Å². The molecular weight excluding hydrogens is 358 g/mol. The van der Waals surface area contributed by atoms with E-state index in [0.717, 1.165) is 25.1 Å². The standard InChI is InChI=1S/C20H23N5O3/c1-23-14(11-21-12-18(23)27)13-24-8-4-7-17(24)19-22-16-6-3-2-5-15(16)20(28)25(19)9-10-26/h2-3,5-6,11-12,17,26H,4,7-10,13H2,1H3. The second kappa shape index (κ2) is 7.65. The van der Waals surface area contributed by atoms with Crippen molar-refractivity contribution in [3.63, 3.8) is 0 Å². The molecule has 0 radical (unpaired) electrons. The minimum absolute atomic E-state index is 0.0563. The number of hydrogen-bond acceptors (Lipinski definition) is 6. The van der Waals surface area contributed by atoms with E-state index in [9.17, 15) is 14.7 Å². The third kappa shape index (κ3) is 3.25. The van der Waals surface area contributed by atoms with E-state index in [2.05, 4.69) is 9.88 Å². The zero-order valence-electron chi connectivity index (χ0n) is 15.8. The van der Waals surface area contributed by atoms with E-state index in [1.165, 1.54) is 6.20 Å². The summed E-state index contributed by atoms with van der Waals surface area (Å²) >= 11 is 0. The number of aromatic nitrogens is 4. The van der Waals surface area contributed by atoms with Gasteiger partial charge in [-0.15, -0.1) is 0 Å². The van der Waals surface area contributed by atoms with Crippen LogP contribution in [0.4, 0.5) is 0 Å². The van der Waals surface area contributed by atoms with Gasteiger partial charge >= 0.3 is 0 Å². The van der Waals surface area contributed by atoms with Crippen LogP contribution in [-0.2, 0) is 20.1 Å². The monoisotopic (exact) mass is 381 g/mol. The second-order valence-electron chi connectivity index (χ2n) is 7.09. The number of aliphatic hydroxyl groups is 1. The van der Waals surface area contributed by atoms with E-state index in [1.54, 1.807) is 28.4 Å². The third-order valence-electron chi connectivity index (χ3n) is 5.41. The molecule has 1 saturated heterocycles. The summed E-state index contributed by atoms with van der Waals surface area (Å²) in [5, 5.41) is 10.1. The van der Waals surface area contributed by atoms with Crippen LogP contribution in [0.25, 0.3) is 10.9 Å². The highest BCUT2D eigenvalue weighted by molar-refractivity contribution is 5.77.